The number of nitrogens with zero attached hydrogens (tertiary/aromatic N) is 1. The lowest BCUT2D eigenvalue weighted by molar-refractivity contribution is -0.385. The van der Waals surface area contributed by atoms with E-state index in [1.807, 2.05) is 42.5 Å². The lowest BCUT2D eigenvalue weighted by Gasteiger charge is -2.13. The molecule has 1 amide bonds. The van der Waals surface area contributed by atoms with Crippen LogP contribution >= 0.6 is 24.2 Å². The van der Waals surface area contributed by atoms with Crippen molar-refractivity contribution < 1.29 is 19.2 Å². The number of para-hydroxylation sites is 1. The third kappa shape index (κ3) is 5.22. The van der Waals surface area contributed by atoms with Gasteiger partial charge in [0.15, 0.2) is 11.5 Å². The van der Waals surface area contributed by atoms with Crippen LogP contribution in [0.25, 0.3) is 0 Å². The fourth-order valence-corrected chi connectivity index (χ4v) is 3.59. The molecule has 0 aromatic heterocycles. The van der Waals surface area contributed by atoms with Gasteiger partial charge in [-0.15, -0.1) is 12.4 Å². The molecule has 0 aliphatic rings. The van der Waals surface area contributed by atoms with Crippen molar-refractivity contribution in [1.82, 2.24) is 0 Å². The highest BCUT2D eigenvalue weighted by Gasteiger charge is 2.25. The Kier molecular flexibility index (Phi) is 8.08. The predicted octanol–water partition coefficient (Wildman–Crippen LogP) is 5.44. The summed E-state index contributed by atoms with van der Waals surface area (Å²) in [6.07, 6.45) is 0. The number of nitrogens with one attached hydrogen (secondary N) is 1. The molecule has 0 fully saturated rings. The van der Waals surface area contributed by atoms with Crippen LogP contribution in [0, 0.1) is 10.1 Å². The van der Waals surface area contributed by atoms with E-state index < -0.39 is 10.8 Å². The maximum atomic E-state index is 12.9. The van der Waals surface area contributed by atoms with E-state index in [-0.39, 0.29) is 35.2 Å². The standard InChI is InChI=1S/C21H18N2O5S.ClH/c1-27-18-12-15(17(23(25)26)13-19(18)28-2)21(24)22-16-10-6-7-11-20(16)29-14-8-4-3-5-9-14;/h3-13H,1-2H3,(H,22,24);1H. The van der Waals surface area contributed by atoms with E-state index in [0.717, 1.165) is 9.79 Å². The van der Waals surface area contributed by atoms with Crippen LogP contribution in [-0.4, -0.2) is 25.1 Å². The van der Waals surface area contributed by atoms with Crippen LogP contribution in [-0.2, 0) is 0 Å². The molecule has 0 bridgehead atoms. The number of methoxy groups -OCH3 is 2. The molecule has 156 valence electrons. The molecule has 0 atom stereocenters. The summed E-state index contributed by atoms with van der Waals surface area (Å²) in [7, 11) is 2.77. The quantitative estimate of drug-likeness (QED) is 0.384. The van der Waals surface area contributed by atoms with Gasteiger partial charge in [-0.25, -0.2) is 0 Å². The number of ether oxygens (including phenoxy) is 2. The van der Waals surface area contributed by atoms with Crippen molar-refractivity contribution in [2.24, 2.45) is 0 Å². The first-order valence-electron chi connectivity index (χ1n) is 8.57. The molecule has 3 aromatic rings. The summed E-state index contributed by atoms with van der Waals surface area (Å²) in [5.41, 5.74) is 0.0657. The molecular weight excluding hydrogens is 428 g/mol. The number of nitro groups is 1. The molecule has 9 heteroatoms. The second-order valence-electron chi connectivity index (χ2n) is 5.85. The first-order valence-corrected chi connectivity index (χ1v) is 9.39. The number of rotatable bonds is 7. The highest BCUT2D eigenvalue weighted by Crippen LogP contribution is 2.36. The van der Waals surface area contributed by atoms with Crippen molar-refractivity contribution in [3.05, 3.63) is 82.4 Å². The maximum absolute atomic E-state index is 12.9. The van der Waals surface area contributed by atoms with Crippen LogP contribution in [0.1, 0.15) is 10.4 Å². The van der Waals surface area contributed by atoms with Gasteiger partial charge in [-0.1, -0.05) is 42.1 Å². The van der Waals surface area contributed by atoms with E-state index in [0.29, 0.717) is 5.69 Å². The van der Waals surface area contributed by atoms with E-state index in [4.69, 9.17) is 9.47 Å². The van der Waals surface area contributed by atoms with Crippen LogP contribution in [0.5, 0.6) is 11.5 Å². The van der Waals surface area contributed by atoms with Gasteiger partial charge in [0.2, 0.25) is 0 Å². The minimum Gasteiger partial charge on any atom is -0.493 e. The smallest absolute Gasteiger partial charge is 0.286 e. The number of halogens is 1. The number of benzene rings is 3. The van der Waals surface area contributed by atoms with Crippen LogP contribution in [0.15, 0.2) is 76.5 Å². The number of hydrogen-bond donors (Lipinski definition) is 1. The van der Waals surface area contributed by atoms with Gasteiger partial charge in [0, 0.05) is 15.9 Å². The molecule has 30 heavy (non-hydrogen) atoms. The number of nitro benzene ring substituents is 1. The highest BCUT2D eigenvalue weighted by molar-refractivity contribution is 7.99. The molecule has 0 heterocycles. The summed E-state index contributed by atoms with van der Waals surface area (Å²) in [6.45, 7) is 0. The van der Waals surface area contributed by atoms with Crippen molar-refractivity contribution in [2.75, 3.05) is 19.5 Å². The fourth-order valence-electron chi connectivity index (χ4n) is 2.67. The number of carbonyl (C=O) groups excluding carboxylic acids is 1. The molecule has 3 aromatic carbocycles. The molecule has 7 nitrogen and oxygen atoms in total. The van der Waals surface area contributed by atoms with Crippen molar-refractivity contribution >= 4 is 41.5 Å². The molecule has 1 N–H and O–H groups in total. The molecular formula is C21H19ClN2O5S. The summed E-state index contributed by atoms with van der Waals surface area (Å²) >= 11 is 1.48. The first kappa shape index (κ1) is 23.1. The second kappa shape index (κ2) is 10.5. The zero-order valence-electron chi connectivity index (χ0n) is 16.2. The molecule has 0 spiro atoms. The Morgan fingerprint density at radius 2 is 1.57 bits per heavy atom. The predicted molar refractivity (Wildman–Crippen MR) is 118 cm³/mol. The number of amides is 1. The zero-order valence-corrected chi connectivity index (χ0v) is 17.8. The third-order valence-corrected chi connectivity index (χ3v) is 5.13. The van der Waals surface area contributed by atoms with E-state index in [9.17, 15) is 14.9 Å². The average molecular weight is 447 g/mol. The van der Waals surface area contributed by atoms with E-state index in [1.165, 1.54) is 38.1 Å². The van der Waals surface area contributed by atoms with Gasteiger partial charge in [0.05, 0.1) is 30.9 Å². The van der Waals surface area contributed by atoms with E-state index >= 15 is 0 Å². The average Bonchev–Trinajstić information content (AvgIpc) is 2.74. The highest BCUT2D eigenvalue weighted by atomic mass is 35.5. The minimum atomic E-state index is -0.624. The lowest BCUT2D eigenvalue weighted by Crippen LogP contribution is -2.15. The minimum absolute atomic E-state index is 0. The molecule has 3 rings (SSSR count). The Morgan fingerprint density at radius 3 is 2.20 bits per heavy atom. The largest absolute Gasteiger partial charge is 0.493 e. The number of anilines is 1. The van der Waals surface area contributed by atoms with Crippen molar-refractivity contribution in [2.45, 2.75) is 9.79 Å². The summed E-state index contributed by atoms with van der Waals surface area (Å²) in [6, 6.07) is 19.4. The number of hydrogen-bond acceptors (Lipinski definition) is 6. The van der Waals surface area contributed by atoms with E-state index in [1.54, 1.807) is 12.1 Å². The van der Waals surface area contributed by atoms with Gasteiger partial charge in [0.1, 0.15) is 5.56 Å². The normalized spacial score (nSPS) is 9.93. The van der Waals surface area contributed by atoms with Crippen molar-refractivity contribution in [1.29, 1.82) is 0 Å². The Labute approximate surface area is 184 Å². The maximum Gasteiger partial charge on any atom is 0.286 e. The van der Waals surface area contributed by atoms with Crippen LogP contribution in [0.4, 0.5) is 11.4 Å². The fraction of sp³-hybridized carbons (Fsp3) is 0.0952. The van der Waals surface area contributed by atoms with Gasteiger partial charge in [-0.3, -0.25) is 14.9 Å². The van der Waals surface area contributed by atoms with Crippen molar-refractivity contribution in [3.63, 3.8) is 0 Å². The van der Waals surface area contributed by atoms with Gasteiger partial charge in [0.25, 0.3) is 11.6 Å². The van der Waals surface area contributed by atoms with Crippen LogP contribution < -0.4 is 14.8 Å². The molecule has 0 saturated carbocycles. The Morgan fingerprint density at radius 1 is 0.967 bits per heavy atom. The summed E-state index contributed by atoms with van der Waals surface area (Å²) < 4.78 is 10.3. The van der Waals surface area contributed by atoms with Gasteiger partial charge in [-0.05, 0) is 24.3 Å². The monoisotopic (exact) mass is 446 g/mol. The van der Waals surface area contributed by atoms with Gasteiger partial charge < -0.3 is 14.8 Å². The van der Waals surface area contributed by atoms with Crippen LogP contribution in [0.2, 0.25) is 0 Å². The molecule has 0 aliphatic heterocycles. The van der Waals surface area contributed by atoms with Crippen LogP contribution in [0.3, 0.4) is 0 Å². The molecule has 0 saturated heterocycles. The Hall–Kier alpha value is -3.23. The molecule has 0 aliphatic carbocycles. The number of carbonyl (C=O) groups is 1. The first-order chi connectivity index (χ1) is 14.0. The lowest BCUT2D eigenvalue weighted by atomic mass is 10.1. The SMILES string of the molecule is COc1cc(C(=O)Nc2ccccc2Sc2ccccc2)c([N+](=O)[O-])cc1OC.Cl. The Bertz CT molecular complexity index is 1050. The second-order valence-corrected chi connectivity index (χ2v) is 6.96. The topological polar surface area (TPSA) is 90.7 Å². The summed E-state index contributed by atoms with van der Waals surface area (Å²) in [4.78, 5) is 25.6. The van der Waals surface area contributed by atoms with Gasteiger partial charge >= 0.3 is 0 Å². The summed E-state index contributed by atoms with van der Waals surface area (Å²) in [5, 5.41) is 14.3. The van der Waals surface area contributed by atoms with Gasteiger partial charge in [-0.2, -0.15) is 0 Å². The summed E-state index contributed by atoms with van der Waals surface area (Å²) in [5.74, 6) is -0.204. The molecule has 0 unspecified atom stereocenters. The zero-order chi connectivity index (χ0) is 20.8. The van der Waals surface area contributed by atoms with Crippen molar-refractivity contribution in [3.8, 4) is 11.5 Å². The third-order valence-electron chi connectivity index (χ3n) is 4.05. The Balaban J connectivity index is 0.00000320. The molecule has 0 radical (unpaired) electrons. The van der Waals surface area contributed by atoms with E-state index in [2.05, 4.69) is 5.32 Å².